The zero-order chi connectivity index (χ0) is 15.4. The molecule has 0 unspecified atom stereocenters. The Balaban J connectivity index is 3.02. The molecular weight excluding hydrogens is 277 g/mol. The van der Waals surface area contributed by atoms with Crippen LogP contribution in [0.4, 0.5) is 0 Å². The molecule has 1 aliphatic heterocycles. The minimum Gasteiger partial charge on any atom is -0.377 e. The molecule has 0 spiro atoms. The number of hydrogen-bond donors (Lipinski definition) is 1. The predicted molar refractivity (Wildman–Crippen MR) is 79.5 cm³/mol. The molecule has 0 saturated carbocycles. The quantitative estimate of drug-likeness (QED) is 0.603. The van der Waals surface area contributed by atoms with E-state index in [4.69, 9.17) is 15.5 Å². The molecule has 0 aromatic carbocycles. The Morgan fingerprint density at radius 1 is 1.40 bits per heavy atom. The van der Waals surface area contributed by atoms with E-state index in [-0.39, 0.29) is 25.2 Å². The van der Waals surface area contributed by atoms with Gasteiger partial charge in [-0.15, -0.1) is 6.42 Å². The van der Waals surface area contributed by atoms with Gasteiger partial charge in [0.25, 0.3) is 0 Å². The molecule has 0 radical (unpaired) electrons. The third-order valence-electron chi connectivity index (χ3n) is 3.88. The summed E-state index contributed by atoms with van der Waals surface area (Å²) in [6, 6.07) is 0.0292. The Hall–Kier alpha value is -0.370. The van der Waals surface area contributed by atoms with Crippen molar-refractivity contribution in [3.63, 3.8) is 0 Å². The fraction of sp³-hybridized carbons (Fsp3) is 0.857. The number of hydrogen-bond acceptors (Lipinski definition) is 5. The van der Waals surface area contributed by atoms with Crippen LogP contribution in [0.5, 0.6) is 0 Å². The summed E-state index contributed by atoms with van der Waals surface area (Å²) in [4.78, 5) is 2.10. The lowest BCUT2D eigenvalue weighted by Crippen LogP contribution is -2.55. The second kappa shape index (κ2) is 7.06. The Bertz CT molecular complexity index is 398. The number of terminal acetylenes is 1. The van der Waals surface area contributed by atoms with Crippen molar-refractivity contribution < 1.29 is 18.7 Å². The molecule has 1 fully saturated rings. The highest BCUT2D eigenvalue weighted by Gasteiger charge is 2.56. The molecule has 1 saturated heterocycles. The Kier molecular flexibility index (Phi) is 6.25. The van der Waals surface area contributed by atoms with E-state index in [2.05, 4.69) is 10.8 Å². The lowest BCUT2D eigenvalue weighted by molar-refractivity contribution is -0.0447. The van der Waals surface area contributed by atoms with E-state index in [9.17, 15) is 9.67 Å². The first-order valence-corrected chi connectivity index (χ1v) is 8.68. The highest BCUT2D eigenvalue weighted by Crippen LogP contribution is 2.64. The summed E-state index contributed by atoms with van der Waals surface area (Å²) in [5.74, 6) is 2.38. The molecule has 1 aliphatic rings. The first kappa shape index (κ1) is 17.7. The molecule has 0 aromatic heterocycles. The molecule has 0 bridgehead atoms. The van der Waals surface area contributed by atoms with Gasteiger partial charge in [-0.05, 0) is 20.8 Å². The monoisotopic (exact) mass is 303 g/mol. The van der Waals surface area contributed by atoms with E-state index < -0.39 is 12.9 Å². The van der Waals surface area contributed by atoms with Gasteiger partial charge in [0.05, 0.1) is 19.8 Å². The van der Waals surface area contributed by atoms with Gasteiger partial charge in [-0.3, -0.25) is 9.46 Å². The molecule has 5 nitrogen and oxygen atoms in total. The van der Waals surface area contributed by atoms with E-state index >= 15 is 0 Å². The van der Waals surface area contributed by atoms with Crippen molar-refractivity contribution in [3.05, 3.63) is 0 Å². The maximum Gasteiger partial charge on any atom is 0.362 e. The lowest BCUT2D eigenvalue weighted by atomic mass is 9.91. The van der Waals surface area contributed by atoms with Crippen LogP contribution >= 0.6 is 7.60 Å². The van der Waals surface area contributed by atoms with E-state index in [1.54, 1.807) is 13.8 Å². The van der Waals surface area contributed by atoms with Crippen LogP contribution in [0, 0.1) is 18.3 Å². The molecule has 0 aromatic rings. The molecule has 0 aliphatic carbocycles. The molecule has 1 N–H and O–H groups in total. The summed E-state index contributed by atoms with van der Waals surface area (Å²) in [5, 5.41) is 9.53. The van der Waals surface area contributed by atoms with Crippen molar-refractivity contribution in [1.82, 2.24) is 4.90 Å². The van der Waals surface area contributed by atoms with Gasteiger partial charge >= 0.3 is 7.60 Å². The van der Waals surface area contributed by atoms with Gasteiger partial charge in [-0.2, -0.15) is 0 Å². The fourth-order valence-electron chi connectivity index (χ4n) is 2.76. The zero-order valence-electron chi connectivity index (χ0n) is 12.8. The van der Waals surface area contributed by atoms with Gasteiger partial charge < -0.3 is 14.2 Å². The Morgan fingerprint density at radius 3 is 2.40 bits per heavy atom. The van der Waals surface area contributed by atoms with Crippen LogP contribution < -0.4 is 0 Å². The van der Waals surface area contributed by atoms with E-state index in [0.29, 0.717) is 19.5 Å². The van der Waals surface area contributed by atoms with E-state index in [0.717, 1.165) is 0 Å². The zero-order valence-corrected chi connectivity index (χ0v) is 13.7. The van der Waals surface area contributed by atoms with Crippen LogP contribution in [0.3, 0.4) is 0 Å². The first-order valence-electron chi connectivity index (χ1n) is 7.13. The summed E-state index contributed by atoms with van der Waals surface area (Å²) in [6.07, 6.45) is 5.68. The summed E-state index contributed by atoms with van der Waals surface area (Å²) < 4.78 is 23.7. The van der Waals surface area contributed by atoms with Gasteiger partial charge in [0.15, 0.2) is 5.34 Å². The predicted octanol–water partition coefficient (Wildman–Crippen LogP) is 2.30. The van der Waals surface area contributed by atoms with E-state index in [1.807, 2.05) is 13.8 Å². The van der Waals surface area contributed by atoms with Gasteiger partial charge in [-0.1, -0.05) is 12.8 Å². The third-order valence-corrected chi connectivity index (χ3v) is 6.65. The fourth-order valence-corrected chi connectivity index (χ4v) is 5.07. The highest BCUT2D eigenvalue weighted by atomic mass is 31.2. The van der Waals surface area contributed by atoms with Crippen molar-refractivity contribution in [3.8, 4) is 12.3 Å². The Morgan fingerprint density at radius 2 is 1.95 bits per heavy atom. The van der Waals surface area contributed by atoms with Crippen molar-refractivity contribution in [2.45, 2.75) is 45.5 Å². The Labute approximate surface area is 122 Å². The minimum absolute atomic E-state index is 0.0292. The topological polar surface area (TPSA) is 59.0 Å². The maximum absolute atomic E-state index is 13.0. The average Bonchev–Trinajstić information content (AvgIpc) is 2.36. The van der Waals surface area contributed by atoms with Gasteiger partial charge in [0, 0.05) is 24.9 Å². The van der Waals surface area contributed by atoms with Crippen LogP contribution in [0.25, 0.3) is 0 Å². The van der Waals surface area contributed by atoms with Crippen molar-refractivity contribution >= 4 is 7.60 Å². The lowest BCUT2D eigenvalue weighted by Gasteiger charge is -2.48. The number of piperidine rings is 1. The molecule has 20 heavy (non-hydrogen) atoms. The second-order valence-electron chi connectivity index (χ2n) is 5.30. The molecule has 1 heterocycles. The van der Waals surface area contributed by atoms with Gasteiger partial charge in [0.2, 0.25) is 0 Å². The minimum atomic E-state index is -3.57. The molecule has 1 rings (SSSR count). The van der Waals surface area contributed by atoms with Gasteiger partial charge in [0.1, 0.15) is 0 Å². The van der Waals surface area contributed by atoms with Crippen LogP contribution in [0.2, 0.25) is 0 Å². The van der Waals surface area contributed by atoms with Crippen molar-refractivity contribution in [1.29, 1.82) is 0 Å². The van der Waals surface area contributed by atoms with Crippen LogP contribution in [-0.4, -0.2) is 47.7 Å². The largest absolute Gasteiger partial charge is 0.377 e. The van der Waals surface area contributed by atoms with Crippen LogP contribution in [0.15, 0.2) is 0 Å². The van der Waals surface area contributed by atoms with Crippen LogP contribution in [0.1, 0.15) is 34.1 Å². The number of rotatable bonds is 6. The molecule has 3 atom stereocenters. The van der Waals surface area contributed by atoms with Crippen molar-refractivity contribution in [2.75, 3.05) is 26.3 Å². The number of aliphatic hydroxyl groups is 1. The smallest absolute Gasteiger partial charge is 0.362 e. The first-order chi connectivity index (χ1) is 9.34. The normalized spacial score (nSPS) is 32.0. The molecule has 116 valence electrons. The van der Waals surface area contributed by atoms with Crippen molar-refractivity contribution in [2.24, 2.45) is 5.92 Å². The summed E-state index contributed by atoms with van der Waals surface area (Å²) in [7, 11) is -3.57. The molecular formula is C14H26NO4P. The third kappa shape index (κ3) is 3.27. The SMILES string of the molecule is C#CCN1C[C@H](C)[C@](O)(P(=O)(OCC)OCC)C[C@@H]1C. The molecule has 0 amide bonds. The summed E-state index contributed by atoms with van der Waals surface area (Å²) in [6.45, 7) is 8.91. The number of nitrogens with zero attached hydrogens (tertiary/aromatic N) is 1. The highest BCUT2D eigenvalue weighted by molar-refractivity contribution is 7.55. The standard InChI is InChI=1S/C14H26NO4P/c1-6-9-15-11-12(4)14(16,10-13(15)5)20(17,18-7-2)19-8-3/h1,12-13,16H,7-11H2,2-5H3/t12-,13-,14+/m0/s1. The van der Waals surface area contributed by atoms with Crippen LogP contribution in [-0.2, 0) is 13.6 Å². The number of likely N-dealkylation sites (tertiary alicyclic amines) is 1. The average molecular weight is 303 g/mol. The molecule has 6 heteroatoms. The maximum atomic E-state index is 13.0. The summed E-state index contributed by atoms with van der Waals surface area (Å²) >= 11 is 0. The van der Waals surface area contributed by atoms with Gasteiger partial charge in [-0.25, -0.2) is 0 Å². The summed E-state index contributed by atoms with van der Waals surface area (Å²) in [5.41, 5.74) is 0. The van der Waals surface area contributed by atoms with E-state index in [1.165, 1.54) is 0 Å². The second-order valence-corrected chi connectivity index (χ2v) is 7.59.